The van der Waals surface area contributed by atoms with E-state index in [1.165, 1.54) is 9.80 Å². The molecule has 2 amide bonds. The zero-order chi connectivity index (χ0) is 13.8. The Morgan fingerprint density at radius 1 is 1.24 bits per heavy atom. The lowest BCUT2D eigenvalue weighted by molar-refractivity contribution is -0.141. The van der Waals surface area contributed by atoms with Crippen molar-refractivity contribution in [1.82, 2.24) is 9.80 Å². The van der Waals surface area contributed by atoms with Crippen molar-refractivity contribution in [2.24, 2.45) is 5.92 Å². The summed E-state index contributed by atoms with van der Waals surface area (Å²) in [4.78, 5) is 25.2. The molecule has 2 N–H and O–H groups in total. The fourth-order valence-corrected chi connectivity index (χ4v) is 1.51. The van der Waals surface area contributed by atoms with Gasteiger partial charge in [0, 0.05) is 20.6 Å². The van der Waals surface area contributed by atoms with Crippen LogP contribution in [0.5, 0.6) is 0 Å². The summed E-state index contributed by atoms with van der Waals surface area (Å²) in [6.07, 6.45) is 0. The Morgan fingerprint density at radius 2 is 1.71 bits per heavy atom. The summed E-state index contributed by atoms with van der Waals surface area (Å²) in [5.74, 6) is -1.55. The highest BCUT2D eigenvalue weighted by Crippen LogP contribution is 2.06. The minimum Gasteiger partial charge on any atom is -0.481 e. The standard InChI is InChI=1S/C11H22N2O4/c1-8(9(14)15)6-12(4)10(16)13(5)7-11(2,3)17/h8,17H,6-7H2,1-5H3,(H,14,15). The second-order valence-electron chi connectivity index (χ2n) is 5.07. The Bertz CT molecular complexity index is 286. The molecule has 1 atom stereocenters. The summed E-state index contributed by atoms with van der Waals surface area (Å²) in [5.41, 5.74) is -0.969. The largest absolute Gasteiger partial charge is 0.481 e. The molecule has 6 nitrogen and oxygen atoms in total. The Kier molecular flexibility index (Phi) is 5.41. The van der Waals surface area contributed by atoms with Gasteiger partial charge in [0.15, 0.2) is 0 Å². The van der Waals surface area contributed by atoms with Crippen molar-refractivity contribution in [3.05, 3.63) is 0 Å². The zero-order valence-corrected chi connectivity index (χ0v) is 11.1. The molecule has 17 heavy (non-hydrogen) atoms. The molecule has 0 aliphatic heterocycles. The number of hydrogen-bond donors (Lipinski definition) is 2. The zero-order valence-electron chi connectivity index (χ0n) is 11.1. The number of amides is 2. The molecule has 6 heteroatoms. The van der Waals surface area contributed by atoms with E-state index in [9.17, 15) is 14.7 Å². The quantitative estimate of drug-likeness (QED) is 0.738. The maximum atomic E-state index is 11.8. The van der Waals surface area contributed by atoms with E-state index >= 15 is 0 Å². The average molecular weight is 246 g/mol. The van der Waals surface area contributed by atoms with Gasteiger partial charge in [-0.1, -0.05) is 6.92 Å². The number of carbonyl (C=O) groups excluding carboxylic acids is 1. The van der Waals surface area contributed by atoms with Gasteiger partial charge in [0.05, 0.1) is 18.1 Å². The predicted octanol–water partition coefficient (Wildman–Crippen LogP) is 0.462. The third kappa shape index (κ3) is 6.11. The molecule has 1 unspecified atom stereocenters. The first-order valence-corrected chi connectivity index (χ1v) is 5.46. The Balaban J connectivity index is 4.35. The molecule has 0 aromatic rings. The molecule has 0 aromatic heterocycles. The van der Waals surface area contributed by atoms with Crippen LogP contribution in [0, 0.1) is 5.92 Å². The molecule has 0 bridgehead atoms. The Morgan fingerprint density at radius 3 is 2.06 bits per heavy atom. The van der Waals surface area contributed by atoms with Crippen LogP contribution in [0.4, 0.5) is 4.79 Å². The van der Waals surface area contributed by atoms with Gasteiger partial charge >= 0.3 is 12.0 Å². The number of carboxylic acids is 1. The number of urea groups is 1. The van der Waals surface area contributed by atoms with Gasteiger partial charge in [0.1, 0.15) is 0 Å². The van der Waals surface area contributed by atoms with E-state index in [1.807, 2.05) is 0 Å². The number of aliphatic carboxylic acids is 1. The van der Waals surface area contributed by atoms with E-state index < -0.39 is 17.5 Å². The molecule has 0 aliphatic rings. The topological polar surface area (TPSA) is 81.1 Å². The molecule has 100 valence electrons. The van der Waals surface area contributed by atoms with Gasteiger partial charge in [-0.2, -0.15) is 0 Å². The van der Waals surface area contributed by atoms with E-state index in [4.69, 9.17) is 5.11 Å². The van der Waals surface area contributed by atoms with Gasteiger partial charge in [0.2, 0.25) is 0 Å². The van der Waals surface area contributed by atoms with Crippen molar-refractivity contribution in [2.75, 3.05) is 27.2 Å². The van der Waals surface area contributed by atoms with E-state index in [-0.39, 0.29) is 19.1 Å². The lowest BCUT2D eigenvalue weighted by atomic mass is 10.1. The van der Waals surface area contributed by atoms with Crippen molar-refractivity contribution in [3.8, 4) is 0 Å². The van der Waals surface area contributed by atoms with Crippen molar-refractivity contribution < 1.29 is 19.8 Å². The van der Waals surface area contributed by atoms with Crippen molar-refractivity contribution >= 4 is 12.0 Å². The number of rotatable bonds is 5. The lowest BCUT2D eigenvalue weighted by Gasteiger charge is -2.30. The van der Waals surface area contributed by atoms with Crippen LogP contribution in [0.2, 0.25) is 0 Å². The average Bonchev–Trinajstić information content (AvgIpc) is 2.13. The molecule has 0 spiro atoms. The van der Waals surface area contributed by atoms with Crippen LogP contribution in [0.3, 0.4) is 0 Å². The molecule has 0 saturated carbocycles. The van der Waals surface area contributed by atoms with Gasteiger partial charge < -0.3 is 20.0 Å². The number of carbonyl (C=O) groups is 2. The van der Waals surface area contributed by atoms with Crippen molar-refractivity contribution in [2.45, 2.75) is 26.4 Å². The maximum absolute atomic E-state index is 11.8. The summed E-state index contributed by atoms with van der Waals surface area (Å²) < 4.78 is 0. The molecule has 0 aliphatic carbocycles. The van der Waals surface area contributed by atoms with Gasteiger partial charge in [-0.25, -0.2) is 4.79 Å². The highest BCUT2D eigenvalue weighted by molar-refractivity contribution is 5.75. The van der Waals surface area contributed by atoms with Crippen molar-refractivity contribution in [3.63, 3.8) is 0 Å². The van der Waals surface area contributed by atoms with Crippen molar-refractivity contribution in [1.29, 1.82) is 0 Å². The summed E-state index contributed by atoms with van der Waals surface area (Å²) >= 11 is 0. The molecule has 0 saturated heterocycles. The summed E-state index contributed by atoms with van der Waals surface area (Å²) in [5, 5.41) is 18.3. The van der Waals surface area contributed by atoms with Gasteiger partial charge in [-0.05, 0) is 13.8 Å². The highest BCUT2D eigenvalue weighted by Gasteiger charge is 2.23. The fourth-order valence-electron chi connectivity index (χ4n) is 1.51. The Labute approximate surface area is 102 Å². The van der Waals surface area contributed by atoms with E-state index in [2.05, 4.69) is 0 Å². The molecule has 0 heterocycles. The van der Waals surface area contributed by atoms with E-state index in [1.54, 1.807) is 34.9 Å². The number of carboxylic acid groups (broad SMARTS) is 1. The third-order valence-electron chi connectivity index (χ3n) is 2.25. The normalized spacial score (nSPS) is 13.1. The molecule has 0 radical (unpaired) electrons. The summed E-state index contributed by atoms with van der Waals surface area (Å²) in [7, 11) is 3.12. The van der Waals surface area contributed by atoms with E-state index in [0.717, 1.165) is 0 Å². The number of aliphatic hydroxyl groups is 1. The van der Waals surface area contributed by atoms with Crippen LogP contribution >= 0.6 is 0 Å². The summed E-state index contributed by atoms with van der Waals surface area (Å²) in [6.45, 7) is 5.09. The molecule has 0 aromatic carbocycles. The van der Waals surface area contributed by atoms with Gasteiger partial charge in [-0.3, -0.25) is 4.79 Å². The van der Waals surface area contributed by atoms with Crippen LogP contribution in [-0.4, -0.2) is 64.8 Å². The van der Waals surface area contributed by atoms with E-state index in [0.29, 0.717) is 0 Å². The van der Waals surface area contributed by atoms with Gasteiger partial charge in [-0.15, -0.1) is 0 Å². The number of likely N-dealkylation sites (N-methyl/N-ethyl adjacent to an activating group) is 1. The minimum atomic E-state index is -0.969. The first kappa shape index (κ1) is 15.7. The third-order valence-corrected chi connectivity index (χ3v) is 2.25. The SMILES string of the molecule is CC(CN(C)C(=O)N(C)CC(C)(C)O)C(=O)O. The summed E-state index contributed by atoms with van der Waals surface area (Å²) in [6, 6.07) is -0.305. The molecular weight excluding hydrogens is 224 g/mol. The highest BCUT2D eigenvalue weighted by atomic mass is 16.4. The predicted molar refractivity (Wildman–Crippen MR) is 63.8 cm³/mol. The number of nitrogens with zero attached hydrogens (tertiary/aromatic N) is 2. The second kappa shape index (κ2) is 5.86. The maximum Gasteiger partial charge on any atom is 0.319 e. The van der Waals surface area contributed by atoms with Crippen LogP contribution in [0.25, 0.3) is 0 Å². The number of hydrogen-bond acceptors (Lipinski definition) is 3. The second-order valence-corrected chi connectivity index (χ2v) is 5.07. The fraction of sp³-hybridized carbons (Fsp3) is 0.818. The van der Waals surface area contributed by atoms with Crippen LogP contribution < -0.4 is 0 Å². The molecular formula is C11H22N2O4. The van der Waals surface area contributed by atoms with Crippen LogP contribution in [-0.2, 0) is 4.79 Å². The monoisotopic (exact) mass is 246 g/mol. The first-order valence-electron chi connectivity index (χ1n) is 5.46. The van der Waals surface area contributed by atoms with Crippen LogP contribution in [0.15, 0.2) is 0 Å². The molecule has 0 fully saturated rings. The molecule has 0 rings (SSSR count). The van der Waals surface area contributed by atoms with Crippen LogP contribution in [0.1, 0.15) is 20.8 Å². The smallest absolute Gasteiger partial charge is 0.319 e. The first-order chi connectivity index (χ1) is 7.54. The Hall–Kier alpha value is -1.30. The minimum absolute atomic E-state index is 0.143. The van der Waals surface area contributed by atoms with Gasteiger partial charge in [0.25, 0.3) is 0 Å². The lowest BCUT2D eigenvalue weighted by Crippen LogP contribution is -2.46.